The van der Waals surface area contributed by atoms with Gasteiger partial charge >= 0.3 is 0 Å². The molecule has 2 N–H and O–H groups in total. The highest BCUT2D eigenvalue weighted by Gasteiger charge is 2.25. The van der Waals surface area contributed by atoms with Gasteiger partial charge in [-0.15, -0.1) is 0 Å². The molecule has 0 aromatic rings. The van der Waals surface area contributed by atoms with E-state index in [1.165, 1.54) is 19.3 Å². The maximum atomic E-state index is 12.2. The van der Waals surface area contributed by atoms with E-state index in [-0.39, 0.29) is 24.6 Å². The van der Waals surface area contributed by atoms with Crippen LogP contribution in [0, 0.1) is 0 Å². The molecule has 0 radical (unpaired) electrons. The first-order valence-corrected chi connectivity index (χ1v) is 7.23. The van der Waals surface area contributed by atoms with E-state index >= 15 is 0 Å². The average molecular weight is 256 g/mol. The fraction of sp³-hybridized carbons (Fsp3) is 0.929. The van der Waals surface area contributed by atoms with Gasteiger partial charge in [-0.1, -0.05) is 19.3 Å². The van der Waals surface area contributed by atoms with Gasteiger partial charge in [-0.2, -0.15) is 0 Å². The van der Waals surface area contributed by atoms with Crippen molar-refractivity contribution < 1.29 is 9.90 Å². The highest BCUT2D eigenvalue weighted by Crippen LogP contribution is 2.17. The number of rotatable bonds is 6. The van der Waals surface area contributed by atoms with E-state index in [4.69, 9.17) is 5.11 Å². The molecular formula is C14H28N2O2. The number of nitrogens with one attached hydrogen (secondary N) is 1. The van der Waals surface area contributed by atoms with Crippen LogP contribution >= 0.6 is 0 Å². The summed E-state index contributed by atoms with van der Waals surface area (Å²) in [6, 6.07) is 0.458. The SMILES string of the molecule is CC(C)N(CCO)C(C)C(=O)NC1CCCCC1. The smallest absolute Gasteiger partial charge is 0.237 e. The highest BCUT2D eigenvalue weighted by atomic mass is 16.3. The van der Waals surface area contributed by atoms with E-state index < -0.39 is 0 Å². The molecule has 0 aromatic heterocycles. The Labute approximate surface area is 111 Å². The van der Waals surface area contributed by atoms with Crippen molar-refractivity contribution >= 4 is 5.91 Å². The van der Waals surface area contributed by atoms with Crippen molar-refractivity contribution in [3.05, 3.63) is 0 Å². The summed E-state index contributed by atoms with van der Waals surface area (Å²) in [6.07, 6.45) is 5.97. The number of hydrogen-bond donors (Lipinski definition) is 2. The molecule has 0 saturated heterocycles. The van der Waals surface area contributed by atoms with Crippen LogP contribution in [0.15, 0.2) is 0 Å². The predicted octanol–water partition coefficient (Wildman–Crippen LogP) is 1.53. The summed E-state index contributed by atoms with van der Waals surface area (Å²) >= 11 is 0. The summed E-state index contributed by atoms with van der Waals surface area (Å²) in [5.41, 5.74) is 0. The van der Waals surface area contributed by atoms with Gasteiger partial charge in [0.05, 0.1) is 12.6 Å². The van der Waals surface area contributed by atoms with Gasteiger partial charge in [-0.3, -0.25) is 9.69 Å². The normalized spacial score (nSPS) is 19.2. The quantitative estimate of drug-likeness (QED) is 0.758. The summed E-state index contributed by atoms with van der Waals surface area (Å²) < 4.78 is 0. The molecule has 0 bridgehead atoms. The first-order chi connectivity index (χ1) is 8.56. The second kappa shape index (κ2) is 7.74. The fourth-order valence-electron chi connectivity index (χ4n) is 2.73. The maximum absolute atomic E-state index is 12.2. The third-order valence-corrected chi connectivity index (χ3v) is 3.85. The number of aliphatic hydroxyl groups is 1. The zero-order chi connectivity index (χ0) is 13.5. The third kappa shape index (κ3) is 4.58. The standard InChI is InChI=1S/C14H28N2O2/c1-11(2)16(9-10-17)12(3)14(18)15-13-7-5-4-6-8-13/h11-13,17H,4-10H2,1-3H3,(H,15,18). The number of hydrogen-bond acceptors (Lipinski definition) is 3. The predicted molar refractivity (Wildman–Crippen MR) is 73.4 cm³/mol. The maximum Gasteiger partial charge on any atom is 0.237 e. The summed E-state index contributed by atoms with van der Waals surface area (Å²) in [5, 5.41) is 12.2. The minimum atomic E-state index is -0.168. The first-order valence-electron chi connectivity index (χ1n) is 7.23. The van der Waals surface area contributed by atoms with E-state index in [9.17, 15) is 4.79 Å². The lowest BCUT2D eigenvalue weighted by Crippen LogP contribution is -2.51. The molecular weight excluding hydrogens is 228 g/mol. The Kier molecular flexibility index (Phi) is 6.65. The van der Waals surface area contributed by atoms with Crippen LogP contribution in [0.4, 0.5) is 0 Å². The molecule has 1 aliphatic rings. The van der Waals surface area contributed by atoms with Crippen LogP contribution in [0.1, 0.15) is 52.9 Å². The zero-order valence-electron chi connectivity index (χ0n) is 12.0. The minimum absolute atomic E-state index is 0.0965. The van der Waals surface area contributed by atoms with Gasteiger partial charge in [0, 0.05) is 18.6 Å². The van der Waals surface area contributed by atoms with Crippen LogP contribution in [0.3, 0.4) is 0 Å². The van der Waals surface area contributed by atoms with Crippen molar-refractivity contribution in [1.82, 2.24) is 10.2 Å². The Morgan fingerprint density at radius 1 is 1.28 bits per heavy atom. The highest BCUT2D eigenvalue weighted by molar-refractivity contribution is 5.81. The number of amides is 1. The molecule has 0 heterocycles. The summed E-state index contributed by atoms with van der Waals surface area (Å²) in [6.45, 7) is 6.68. The molecule has 1 rings (SSSR count). The fourth-order valence-corrected chi connectivity index (χ4v) is 2.73. The Hall–Kier alpha value is -0.610. The number of aliphatic hydroxyl groups excluding tert-OH is 1. The van der Waals surface area contributed by atoms with Crippen LogP contribution in [0.5, 0.6) is 0 Å². The lowest BCUT2D eigenvalue weighted by atomic mass is 9.95. The van der Waals surface area contributed by atoms with Crippen LogP contribution in [-0.4, -0.2) is 47.2 Å². The number of carbonyl (C=O) groups is 1. The average Bonchev–Trinajstić information content (AvgIpc) is 2.36. The van der Waals surface area contributed by atoms with E-state index in [2.05, 4.69) is 19.2 Å². The molecule has 0 spiro atoms. The lowest BCUT2D eigenvalue weighted by molar-refractivity contribution is -0.127. The molecule has 0 aromatic carbocycles. The van der Waals surface area contributed by atoms with E-state index in [0.29, 0.717) is 12.6 Å². The third-order valence-electron chi connectivity index (χ3n) is 3.85. The van der Waals surface area contributed by atoms with E-state index in [1.54, 1.807) is 0 Å². The monoisotopic (exact) mass is 256 g/mol. The number of nitrogens with zero attached hydrogens (tertiary/aromatic N) is 1. The van der Waals surface area contributed by atoms with Crippen LogP contribution in [0.25, 0.3) is 0 Å². The van der Waals surface area contributed by atoms with Crippen LogP contribution < -0.4 is 5.32 Å². The molecule has 1 fully saturated rings. The molecule has 1 amide bonds. The Morgan fingerprint density at radius 3 is 2.39 bits per heavy atom. The molecule has 1 aliphatic carbocycles. The lowest BCUT2D eigenvalue weighted by Gasteiger charge is -2.33. The Balaban J connectivity index is 2.47. The van der Waals surface area contributed by atoms with E-state index in [0.717, 1.165) is 12.8 Å². The van der Waals surface area contributed by atoms with Gasteiger partial charge < -0.3 is 10.4 Å². The Morgan fingerprint density at radius 2 is 1.89 bits per heavy atom. The molecule has 1 unspecified atom stereocenters. The van der Waals surface area contributed by atoms with Crippen molar-refractivity contribution in [1.29, 1.82) is 0 Å². The summed E-state index contributed by atoms with van der Waals surface area (Å²) in [4.78, 5) is 14.2. The van der Waals surface area contributed by atoms with Crippen molar-refractivity contribution in [3.63, 3.8) is 0 Å². The first kappa shape index (κ1) is 15.4. The van der Waals surface area contributed by atoms with Crippen molar-refractivity contribution in [2.75, 3.05) is 13.2 Å². The Bertz CT molecular complexity index is 250. The topological polar surface area (TPSA) is 52.6 Å². The molecule has 106 valence electrons. The largest absolute Gasteiger partial charge is 0.395 e. The summed E-state index contributed by atoms with van der Waals surface area (Å²) in [7, 11) is 0. The molecule has 4 nitrogen and oxygen atoms in total. The number of carbonyl (C=O) groups excluding carboxylic acids is 1. The van der Waals surface area contributed by atoms with Crippen molar-refractivity contribution in [2.24, 2.45) is 0 Å². The zero-order valence-corrected chi connectivity index (χ0v) is 12.0. The summed E-state index contributed by atoms with van der Waals surface area (Å²) in [5.74, 6) is 0.101. The second-order valence-corrected chi connectivity index (χ2v) is 5.57. The van der Waals surface area contributed by atoms with Crippen molar-refractivity contribution in [3.8, 4) is 0 Å². The van der Waals surface area contributed by atoms with Crippen LogP contribution in [-0.2, 0) is 4.79 Å². The molecule has 0 aliphatic heterocycles. The van der Waals surface area contributed by atoms with Gasteiger partial charge in [0.2, 0.25) is 5.91 Å². The van der Waals surface area contributed by atoms with E-state index in [1.807, 2.05) is 11.8 Å². The van der Waals surface area contributed by atoms with Gasteiger partial charge in [-0.25, -0.2) is 0 Å². The van der Waals surface area contributed by atoms with Gasteiger partial charge in [0.1, 0.15) is 0 Å². The molecule has 1 saturated carbocycles. The minimum Gasteiger partial charge on any atom is -0.395 e. The van der Waals surface area contributed by atoms with Crippen molar-refractivity contribution in [2.45, 2.75) is 71.0 Å². The second-order valence-electron chi connectivity index (χ2n) is 5.57. The molecule has 4 heteroatoms. The molecule has 18 heavy (non-hydrogen) atoms. The van der Waals surface area contributed by atoms with Gasteiger partial charge in [0.25, 0.3) is 0 Å². The van der Waals surface area contributed by atoms with Gasteiger partial charge in [-0.05, 0) is 33.6 Å². The van der Waals surface area contributed by atoms with Crippen LogP contribution in [0.2, 0.25) is 0 Å². The van der Waals surface area contributed by atoms with Gasteiger partial charge in [0.15, 0.2) is 0 Å². The molecule has 1 atom stereocenters.